The Hall–Kier alpha value is -0.950. The van der Waals surface area contributed by atoms with E-state index in [2.05, 4.69) is 24.6 Å². The number of thioether (sulfide) groups is 1. The number of nitrogens with zero attached hydrogens (tertiary/aromatic N) is 1. The Morgan fingerprint density at radius 2 is 1.95 bits per heavy atom. The van der Waals surface area contributed by atoms with E-state index in [0.717, 1.165) is 19.3 Å². The minimum absolute atomic E-state index is 0.277. The molecule has 1 saturated heterocycles. The summed E-state index contributed by atoms with van der Waals surface area (Å²) in [6, 6.07) is -0.713. The van der Waals surface area contributed by atoms with Crippen LogP contribution in [0.5, 0.6) is 0 Å². The third-order valence-electron chi connectivity index (χ3n) is 3.64. The van der Waals surface area contributed by atoms with Crippen molar-refractivity contribution in [2.24, 2.45) is 0 Å². The number of hydrogen-bond donors (Lipinski definition) is 3. The van der Waals surface area contributed by atoms with Crippen LogP contribution in [-0.4, -0.2) is 52.3 Å². The van der Waals surface area contributed by atoms with Crippen molar-refractivity contribution in [3.8, 4) is 0 Å². The van der Waals surface area contributed by atoms with Crippen LogP contribution in [0.15, 0.2) is 0 Å². The molecule has 2 amide bonds. The summed E-state index contributed by atoms with van der Waals surface area (Å²) in [5, 5.41) is 13.6. The van der Waals surface area contributed by atoms with E-state index in [-0.39, 0.29) is 12.1 Å². The Balaban J connectivity index is 2.49. The SMILES string of the molecule is CSCC[C@@H](NC(=O)NN1C(C)CCCC1C)C(=O)O. The highest BCUT2D eigenvalue weighted by Gasteiger charge is 2.27. The molecule has 0 bridgehead atoms. The van der Waals surface area contributed by atoms with Crippen LogP contribution >= 0.6 is 11.8 Å². The van der Waals surface area contributed by atoms with Crippen molar-refractivity contribution < 1.29 is 14.7 Å². The Bertz CT molecular complexity index is 331. The van der Waals surface area contributed by atoms with Crippen LogP contribution in [-0.2, 0) is 4.79 Å². The third kappa shape index (κ3) is 5.20. The van der Waals surface area contributed by atoms with Crippen molar-refractivity contribution in [2.45, 2.75) is 57.7 Å². The quantitative estimate of drug-likeness (QED) is 0.695. The van der Waals surface area contributed by atoms with E-state index < -0.39 is 18.0 Å². The number of rotatable bonds is 6. The van der Waals surface area contributed by atoms with Gasteiger partial charge in [-0.1, -0.05) is 6.42 Å². The third-order valence-corrected chi connectivity index (χ3v) is 4.28. The van der Waals surface area contributed by atoms with Gasteiger partial charge < -0.3 is 10.4 Å². The molecule has 0 aliphatic carbocycles. The van der Waals surface area contributed by atoms with Gasteiger partial charge in [0.2, 0.25) is 0 Å². The van der Waals surface area contributed by atoms with Gasteiger partial charge in [0.05, 0.1) is 0 Å². The fourth-order valence-corrected chi connectivity index (χ4v) is 2.91. The average Bonchev–Trinajstić information content (AvgIpc) is 2.38. The molecule has 0 radical (unpaired) electrons. The number of aliphatic carboxylic acids is 1. The van der Waals surface area contributed by atoms with Gasteiger partial charge in [-0.3, -0.25) is 5.43 Å². The van der Waals surface area contributed by atoms with Gasteiger partial charge in [0.15, 0.2) is 0 Å². The fourth-order valence-electron chi connectivity index (χ4n) is 2.44. The van der Waals surface area contributed by atoms with E-state index in [0.29, 0.717) is 12.2 Å². The lowest BCUT2D eigenvalue weighted by Gasteiger charge is -2.38. The number of carboxylic acids is 1. The highest BCUT2D eigenvalue weighted by atomic mass is 32.2. The number of nitrogens with one attached hydrogen (secondary N) is 2. The first-order chi connectivity index (χ1) is 9.45. The largest absolute Gasteiger partial charge is 0.480 e. The molecule has 0 spiro atoms. The smallest absolute Gasteiger partial charge is 0.330 e. The Morgan fingerprint density at radius 1 is 1.35 bits per heavy atom. The summed E-state index contributed by atoms with van der Waals surface area (Å²) in [6.45, 7) is 4.14. The van der Waals surface area contributed by atoms with Gasteiger partial charge in [-0.25, -0.2) is 14.6 Å². The average molecular weight is 303 g/mol. The van der Waals surface area contributed by atoms with Crippen LogP contribution in [0, 0.1) is 0 Å². The second-order valence-corrected chi connectivity index (χ2v) is 6.28. The van der Waals surface area contributed by atoms with Crippen LogP contribution in [0.25, 0.3) is 0 Å². The Labute approximate surface area is 124 Å². The molecule has 0 aromatic carbocycles. The summed E-state index contributed by atoms with van der Waals surface area (Å²) in [4.78, 5) is 23.0. The van der Waals surface area contributed by atoms with Crippen LogP contribution < -0.4 is 10.7 Å². The van der Waals surface area contributed by atoms with E-state index in [9.17, 15) is 9.59 Å². The lowest BCUT2D eigenvalue weighted by atomic mass is 10.00. The van der Waals surface area contributed by atoms with E-state index in [1.165, 1.54) is 0 Å². The zero-order valence-electron chi connectivity index (χ0n) is 12.4. The van der Waals surface area contributed by atoms with Gasteiger partial charge in [-0.15, -0.1) is 0 Å². The number of carbonyl (C=O) groups is 2. The molecule has 1 fully saturated rings. The van der Waals surface area contributed by atoms with Crippen molar-refractivity contribution in [3.05, 3.63) is 0 Å². The van der Waals surface area contributed by atoms with Crippen LogP contribution in [0.3, 0.4) is 0 Å². The topological polar surface area (TPSA) is 81.7 Å². The van der Waals surface area contributed by atoms with Gasteiger partial charge in [0.1, 0.15) is 6.04 Å². The fraction of sp³-hybridized carbons (Fsp3) is 0.846. The molecular formula is C13H25N3O3S. The van der Waals surface area contributed by atoms with Crippen LogP contribution in [0.4, 0.5) is 4.79 Å². The number of amides is 2. The van der Waals surface area contributed by atoms with Crippen molar-refractivity contribution in [2.75, 3.05) is 12.0 Å². The Morgan fingerprint density at radius 3 is 2.45 bits per heavy atom. The molecule has 2 unspecified atom stereocenters. The molecule has 0 saturated carbocycles. The van der Waals surface area contributed by atoms with Gasteiger partial charge in [-0.05, 0) is 45.1 Å². The summed E-state index contributed by atoms with van der Waals surface area (Å²) in [6.07, 6.45) is 5.58. The summed E-state index contributed by atoms with van der Waals surface area (Å²) in [5.74, 6) is -0.290. The second-order valence-electron chi connectivity index (χ2n) is 5.29. The molecule has 1 rings (SSSR count). The first-order valence-electron chi connectivity index (χ1n) is 7.03. The van der Waals surface area contributed by atoms with Gasteiger partial charge in [0.25, 0.3) is 0 Å². The maximum Gasteiger partial charge on any atom is 0.330 e. The minimum Gasteiger partial charge on any atom is -0.480 e. The number of carbonyl (C=O) groups excluding carboxylic acids is 1. The molecule has 0 aromatic heterocycles. The number of hydrogen-bond acceptors (Lipinski definition) is 4. The molecule has 1 aliphatic heterocycles. The second kappa shape index (κ2) is 8.36. The summed E-state index contributed by atoms with van der Waals surface area (Å²) in [5.41, 5.74) is 2.79. The summed E-state index contributed by atoms with van der Waals surface area (Å²) in [7, 11) is 0. The predicted molar refractivity (Wildman–Crippen MR) is 80.7 cm³/mol. The number of hydrazine groups is 1. The highest BCUT2D eigenvalue weighted by Crippen LogP contribution is 2.20. The standard InChI is InChI=1S/C13H25N3O3S/c1-9-5-4-6-10(2)16(9)15-13(19)14-11(12(17)18)7-8-20-3/h9-11H,4-8H2,1-3H3,(H,17,18)(H2,14,15,19)/t9?,10?,11-/m1/s1. The van der Waals surface area contributed by atoms with Crippen LogP contribution in [0.1, 0.15) is 39.5 Å². The molecule has 1 aliphatic rings. The summed E-state index contributed by atoms with van der Waals surface area (Å²) >= 11 is 1.57. The van der Waals surface area contributed by atoms with Crippen molar-refractivity contribution >= 4 is 23.8 Å². The maximum atomic E-state index is 11.9. The van der Waals surface area contributed by atoms with Crippen molar-refractivity contribution in [1.29, 1.82) is 0 Å². The molecular weight excluding hydrogens is 278 g/mol. The predicted octanol–water partition coefficient (Wildman–Crippen LogP) is 1.67. The van der Waals surface area contributed by atoms with E-state index in [4.69, 9.17) is 5.11 Å². The van der Waals surface area contributed by atoms with Crippen LogP contribution in [0.2, 0.25) is 0 Å². The molecule has 1 heterocycles. The first kappa shape index (κ1) is 17.1. The molecule has 7 heteroatoms. The number of urea groups is 1. The molecule has 6 nitrogen and oxygen atoms in total. The molecule has 20 heavy (non-hydrogen) atoms. The van der Waals surface area contributed by atoms with E-state index >= 15 is 0 Å². The number of carboxylic acid groups (broad SMARTS) is 1. The normalized spacial score (nSPS) is 24.9. The van der Waals surface area contributed by atoms with Crippen molar-refractivity contribution in [3.63, 3.8) is 0 Å². The van der Waals surface area contributed by atoms with Gasteiger partial charge in [0, 0.05) is 12.1 Å². The van der Waals surface area contributed by atoms with Crippen molar-refractivity contribution in [1.82, 2.24) is 15.8 Å². The lowest BCUT2D eigenvalue weighted by molar-refractivity contribution is -0.139. The lowest BCUT2D eigenvalue weighted by Crippen LogP contribution is -2.58. The van der Waals surface area contributed by atoms with Gasteiger partial charge in [-0.2, -0.15) is 11.8 Å². The molecule has 3 atom stereocenters. The zero-order valence-corrected chi connectivity index (χ0v) is 13.2. The molecule has 116 valence electrons. The number of piperidine rings is 1. The molecule has 0 aromatic rings. The highest BCUT2D eigenvalue weighted by molar-refractivity contribution is 7.98. The summed E-state index contributed by atoms with van der Waals surface area (Å²) < 4.78 is 0. The zero-order chi connectivity index (χ0) is 15.1. The first-order valence-corrected chi connectivity index (χ1v) is 8.42. The molecule has 3 N–H and O–H groups in total. The monoisotopic (exact) mass is 303 g/mol. The van der Waals surface area contributed by atoms with E-state index in [1.807, 2.05) is 11.3 Å². The van der Waals surface area contributed by atoms with E-state index in [1.54, 1.807) is 11.8 Å². The van der Waals surface area contributed by atoms with Gasteiger partial charge >= 0.3 is 12.0 Å². The maximum absolute atomic E-state index is 11.9. The Kier molecular flexibility index (Phi) is 7.15. The minimum atomic E-state index is -0.992.